The van der Waals surface area contributed by atoms with Crippen molar-refractivity contribution in [2.75, 3.05) is 0 Å². The molecule has 7 aliphatic carbocycles. The van der Waals surface area contributed by atoms with E-state index in [4.69, 9.17) is 0 Å². The Labute approximate surface area is 230 Å². The van der Waals surface area contributed by atoms with Crippen molar-refractivity contribution in [1.82, 2.24) is 0 Å². The topological polar surface area (TPSA) is 60.7 Å². The van der Waals surface area contributed by atoms with Crippen LogP contribution in [0.15, 0.2) is 35.5 Å². The fourth-order valence-corrected chi connectivity index (χ4v) is 10.8. The maximum Gasteiger partial charge on any atom is 0.120 e. The molecule has 7 atom stereocenters. The van der Waals surface area contributed by atoms with Crippen molar-refractivity contribution in [2.45, 2.75) is 122 Å². The van der Waals surface area contributed by atoms with Crippen LogP contribution >= 0.6 is 0 Å². The molecule has 0 amide bonds. The lowest BCUT2D eigenvalue weighted by atomic mass is 9.48. The summed E-state index contributed by atoms with van der Waals surface area (Å²) < 4.78 is 0. The van der Waals surface area contributed by atoms with Gasteiger partial charge < -0.3 is 15.3 Å². The van der Waals surface area contributed by atoms with Gasteiger partial charge in [-0.1, -0.05) is 44.1 Å². The van der Waals surface area contributed by atoms with Crippen LogP contribution in [-0.2, 0) is 0 Å². The number of aliphatic hydroxyl groups excluding tert-OH is 3. The first-order chi connectivity index (χ1) is 18.2. The summed E-state index contributed by atoms with van der Waals surface area (Å²) in [6.45, 7) is 9.02. The molecular weight excluding hydrogens is 468 g/mol. The molecule has 208 valence electrons. The van der Waals surface area contributed by atoms with E-state index in [0.717, 1.165) is 41.7 Å². The predicted octanol–water partition coefficient (Wildman–Crippen LogP) is 6.73. The standard InChI is InChI=1S/C35H50O3/c1-22(6-4-8-33(38)35-19-24-14-25(20-35)16-26(15-24)21-35)30-11-12-31-27(7-5-13-34(30,31)3)9-10-28-17-29(36)18-32(37)23(28)2/h9-10,22,24-26,29-33,36-38H,2,5-7,11-21H2,1,3H3/b27-9+,28-10-/t22-,24?,25?,26?,29-,30-,31+,32+,33+,34-,35?/m1/s1. The molecule has 0 spiro atoms. The zero-order valence-corrected chi connectivity index (χ0v) is 23.8. The van der Waals surface area contributed by atoms with Gasteiger partial charge in [-0.2, -0.15) is 0 Å². The van der Waals surface area contributed by atoms with E-state index in [1.165, 1.54) is 64.2 Å². The number of hydrogen-bond donors (Lipinski definition) is 3. The van der Waals surface area contributed by atoms with Crippen LogP contribution < -0.4 is 0 Å². The van der Waals surface area contributed by atoms with Crippen LogP contribution in [0.3, 0.4) is 0 Å². The Hall–Kier alpha value is -1.34. The van der Waals surface area contributed by atoms with E-state index in [9.17, 15) is 15.3 Å². The van der Waals surface area contributed by atoms with Crippen molar-refractivity contribution in [3.8, 4) is 11.8 Å². The Balaban J connectivity index is 1.11. The highest BCUT2D eigenvalue weighted by atomic mass is 16.3. The first-order valence-electron chi connectivity index (χ1n) is 15.8. The second-order valence-corrected chi connectivity index (χ2v) is 14.8. The summed E-state index contributed by atoms with van der Waals surface area (Å²) in [6, 6.07) is 0. The first-order valence-corrected chi connectivity index (χ1v) is 15.8. The first kappa shape index (κ1) is 26.9. The fourth-order valence-electron chi connectivity index (χ4n) is 10.8. The van der Waals surface area contributed by atoms with E-state index in [1.807, 2.05) is 0 Å². The average Bonchev–Trinajstić information content (AvgIpc) is 3.22. The molecule has 3 heteroatoms. The summed E-state index contributed by atoms with van der Waals surface area (Å²) in [6.07, 6.45) is 18.8. The van der Waals surface area contributed by atoms with Crippen LogP contribution in [-0.4, -0.2) is 33.6 Å². The van der Waals surface area contributed by atoms with Crippen molar-refractivity contribution in [2.24, 2.45) is 46.3 Å². The van der Waals surface area contributed by atoms with Crippen molar-refractivity contribution in [3.05, 3.63) is 35.5 Å². The van der Waals surface area contributed by atoms with Crippen LogP contribution in [0, 0.1) is 58.2 Å². The molecule has 4 bridgehead atoms. The fraction of sp³-hybridized carbons (Fsp3) is 0.771. The molecule has 7 fully saturated rings. The van der Waals surface area contributed by atoms with Gasteiger partial charge in [-0.3, -0.25) is 0 Å². The number of fused-ring (bicyclic) bond motifs is 1. The summed E-state index contributed by atoms with van der Waals surface area (Å²) in [7, 11) is 0. The third kappa shape index (κ3) is 4.78. The largest absolute Gasteiger partial charge is 0.393 e. The molecule has 0 aromatic carbocycles. The van der Waals surface area contributed by atoms with Gasteiger partial charge in [0.1, 0.15) is 6.10 Å². The highest BCUT2D eigenvalue weighted by molar-refractivity contribution is 5.38. The monoisotopic (exact) mass is 518 g/mol. The van der Waals surface area contributed by atoms with E-state index in [0.29, 0.717) is 36.0 Å². The van der Waals surface area contributed by atoms with Gasteiger partial charge in [0.2, 0.25) is 0 Å². The smallest absolute Gasteiger partial charge is 0.120 e. The second-order valence-electron chi connectivity index (χ2n) is 14.8. The summed E-state index contributed by atoms with van der Waals surface area (Å²) in [5.74, 6) is 11.3. The lowest BCUT2D eigenvalue weighted by molar-refractivity contribution is -0.101. The molecule has 7 saturated carbocycles. The molecule has 0 radical (unpaired) electrons. The van der Waals surface area contributed by atoms with Gasteiger partial charge >= 0.3 is 0 Å². The number of aliphatic hydroxyl groups is 3. The third-order valence-electron chi connectivity index (χ3n) is 12.3. The quantitative estimate of drug-likeness (QED) is 0.362. The lowest BCUT2D eigenvalue weighted by Gasteiger charge is -2.57. The van der Waals surface area contributed by atoms with E-state index < -0.39 is 18.3 Å². The zero-order chi connectivity index (χ0) is 26.7. The van der Waals surface area contributed by atoms with Gasteiger partial charge in [0.25, 0.3) is 0 Å². The predicted molar refractivity (Wildman–Crippen MR) is 153 cm³/mol. The molecule has 0 saturated heterocycles. The molecule has 0 aliphatic heterocycles. The molecule has 0 unspecified atom stereocenters. The highest BCUT2D eigenvalue weighted by Gasteiger charge is 2.54. The summed E-state index contributed by atoms with van der Waals surface area (Å²) in [4.78, 5) is 0. The normalized spacial score (nSPS) is 47.6. The van der Waals surface area contributed by atoms with Gasteiger partial charge in [-0.15, -0.1) is 5.92 Å². The maximum absolute atomic E-state index is 11.3. The molecular formula is C35H50O3. The molecule has 0 heterocycles. The highest BCUT2D eigenvalue weighted by Crippen LogP contribution is 2.62. The third-order valence-corrected chi connectivity index (χ3v) is 12.3. The van der Waals surface area contributed by atoms with Crippen molar-refractivity contribution < 1.29 is 15.3 Å². The number of allylic oxidation sites excluding steroid dienone is 3. The van der Waals surface area contributed by atoms with E-state index >= 15 is 0 Å². The van der Waals surface area contributed by atoms with Crippen LogP contribution in [0.2, 0.25) is 0 Å². The Bertz CT molecular complexity index is 1020. The van der Waals surface area contributed by atoms with Gasteiger partial charge in [0.15, 0.2) is 0 Å². The Morgan fingerprint density at radius 1 is 1.03 bits per heavy atom. The van der Waals surface area contributed by atoms with Crippen LogP contribution in [0.5, 0.6) is 0 Å². The SMILES string of the molecule is C=C1/C(=C\C=C2/CCC[C@]3(C)[C@@H]([C@H](C)CC#C[C@H](O)C45CC6CC(CC(C6)C4)C5)CC[C@@H]23)C[C@@H](O)C[C@@H]1O. The summed E-state index contributed by atoms with van der Waals surface area (Å²) in [5, 5.41) is 31.6. The van der Waals surface area contributed by atoms with Crippen molar-refractivity contribution in [1.29, 1.82) is 0 Å². The van der Waals surface area contributed by atoms with Crippen LogP contribution in [0.25, 0.3) is 0 Å². The zero-order valence-electron chi connectivity index (χ0n) is 23.8. The van der Waals surface area contributed by atoms with Gasteiger partial charge in [-0.25, -0.2) is 0 Å². The number of hydrogen-bond acceptors (Lipinski definition) is 3. The molecule has 3 N–H and O–H groups in total. The molecule has 3 nitrogen and oxygen atoms in total. The molecule has 38 heavy (non-hydrogen) atoms. The van der Waals surface area contributed by atoms with Crippen molar-refractivity contribution >= 4 is 0 Å². The molecule has 7 aliphatic rings. The second kappa shape index (κ2) is 10.2. The lowest BCUT2D eigenvalue weighted by Crippen LogP contribution is -2.51. The Morgan fingerprint density at radius 3 is 2.39 bits per heavy atom. The van der Waals surface area contributed by atoms with Crippen molar-refractivity contribution in [3.63, 3.8) is 0 Å². The van der Waals surface area contributed by atoms with Crippen LogP contribution in [0.4, 0.5) is 0 Å². The minimum Gasteiger partial charge on any atom is -0.393 e. The van der Waals surface area contributed by atoms with Gasteiger partial charge in [-0.05, 0) is 129 Å². The van der Waals surface area contributed by atoms with E-state index in [-0.39, 0.29) is 5.41 Å². The van der Waals surface area contributed by atoms with Gasteiger partial charge in [0, 0.05) is 18.3 Å². The minimum atomic E-state index is -0.626. The van der Waals surface area contributed by atoms with Gasteiger partial charge in [0.05, 0.1) is 12.2 Å². The maximum atomic E-state index is 11.3. The summed E-state index contributed by atoms with van der Waals surface area (Å²) >= 11 is 0. The number of rotatable bonds is 4. The Morgan fingerprint density at radius 2 is 1.71 bits per heavy atom. The van der Waals surface area contributed by atoms with E-state index in [1.54, 1.807) is 5.57 Å². The molecule has 7 rings (SSSR count). The van der Waals surface area contributed by atoms with E-state index in [2.05, 4.69) is 44.4 Å². The molecule has 0 aromatic rings. The molecule has 0 aromatic heterocycles. The van der Waals surface area contributed by atoms with Crippen LogP contribution in [0.1, 0.15) is 104 Å². The Kier molecular flexibility index (Phi) is 7.24. The summed E-state index contributed by atoms with van der Waals surface area (Å²) in [5.41, 5.74) is 3.74. The average molecular weight is 519 g/mol. The minimum absolute atomic E-state index is 0.0999.